The summed E-state index contributed by atoms with van der Waals surface area (Å²) in [5.41, 5.74) is -1.37. The van der Waals surface area contributed by atoms with Gasteiger partial charge in [0.25, 0.3) is 5.56 Å². The van der Waals surface area contributed by atoms with E-state index in [1.165, 1.54) is 6.08 Å². The Kier molecular flexibility index (Phi) is 5.27. The highest BCUT2D eigenvalue weighted by molar-refractivity contribution is 5.79. The topological polar surface area (TPSA) is 130 Å². The number of carbonyl (C=O) groups is 2. The van der Waals surface area contributed by atoms with Crippen LogP contribution in [0.5, 0.6) is 0 Å². The van der Waals surface area contributed by atoms with Crippen LogP contribution in [0.3, 0.4) is 0 Å². The first-order chi connectivity index (χ1) is 9.43. The summed E-state index contributed by atoms with van der Waals surface area (Å²) >= 11 is 0. The zero-order valence-electron chi connectivity index (χ0n) is 10.4. The normalized spacial score (nSPS) is 11.4. The quantitative estimate of drug-likeness (QED) is 0.568. The molecule has 3 N–H and O–H groups in total. The number of carboxylic acid groups (broad SMARTS) is 1. The Hall–Kier alpha value is -2.84. The fraction of sp³-hybridized carbons (Fsp3) is 0.273. The van der Waals surface area contributed by atoms with Crippen LogP contribution in [0.15, 0.2) is 34.5 Å². The molecule has 0 spiro atoms. The number of rotatable bonds is 6. The molecule has 1 aromatic rings. The number of nitrogens with zero attached hydrogens (tertiary/aromatic N) is 1. The monoisotopic (exact) mass is 283 g/mol. The number of aliphatic carboxylic acids is 1. The molecule has 9 heteroatoms. The van der Waals surface area contributed by atoms with Gasteiger partial charge < -0.3 is 15.2 Å². The molecule has 0 bridgehead atoms. The average molecular weight is 283 g/mol. The standard InChI is InChI=1S/C11H13N3O6/c1-2-5-20-11(19)12-7(9(16)17)6-14-4-3-8(15)13-10(14)18/h2-4,7H,1,5-6H2,(H,12,19)(H,16,17)(H,13,15,18). The van der Waals surface area contributed by atoms with E-state index in [1.54, 1.807) is 0 Å². The summed E-state index contributed by atoms with van der Waals surface area (Å²) in [6, 6.07) is -0.313. The molecule has 9 nitrogen and oxygen atoms in total. The molecule has 0 aliphatic heterocycles. The fourth-order valence-corrected chi connectivity index (χ4v) is 1.29. The van der Waals surface area contributed by atoms with Crippen LogP contribution in [0.2, 0.25) is 0 Å². The predicted molar refractivity (Wildman–Crippen MR) is 67.4 cm³/mol. The van der Waals surface area contributed by atoms with Gasteiger partial charge in [-0.2, -0.15) is 0 Å². The van der Waals surface area contributed by atoms with Crippen molar-refractivity contribution in [2.24, 2.45) is 0 Å². The third kappa shape index (κ3) is 4.44. The number of alkyl carbamates (subject to hydrolysis) is 1. The van der Waals surface area contributed by atoms with E-state index in [2.05, 4.69) is 16.6 Å². The molecular weight excluding hydrogens is 270 g/mol. The van der Waals surface area contributed by atoms with Crippen LogP contribution in [-0.2, 0) is 16.1 Å². The second-order valence-electron chi connectivity index (χ2n) is 3.68. The molecule has 1 atom stereocenters. The lowest BCUT2D eigenvalue weighted by molar-refractivity contribution is -0.139. The molecule has 0 radical (unpaired) electrons. The highest BCUT2D eigenvalue weighted by atomic mass is 16.5. The summed E-state index contributed by atoms with van der Waals surface area (Å²) < 4.78 is 5.53. The summed E-state index contributed by atoms with van der Waals surface area (Å²) in [4.78, 5) is 46.5. The van der Waals surface area contributed by atoms with Gasteiger partial charge in [-0.1, -0.05) is 12.7 Å². The molecule has 1 rings (SSSR count). The second-order valence-corrected chi connectivity index (χ2v) is 3.68. The molecule has 0 aliphatic rings. The first kappa shape index (κ1) is 15.2. The van der Waals surface area contributed by atoms with Gasteiger partial charge in [0, 0.05) is 12.3 Å². The number of carbonyl (C=O) groups excluding carboxylic acids is 1. The lowest BCUT2D eigenvalue weighted by Crippen LogP contribution is -2.46. The van der Waals surface area contributed by atoms with Gasteiger partial charge in [-0.3, -0.25) is 14.3 Å². The number of ether oxygens (including phenoxy) is 1. The van der Waals surface area contributed by atoms with Crippen LogP contribution in [-0.4, -0.2) is 39.4 Å². The SMILES string of the molecule is C=CCOC(=O)NC(Cn1ccc(=O)[nH]c1=O)C(=O)O. The van der Waals surface area contributed by atoms with Gasteiger partial charge >= 0.3 is 17.8 Å². The van der Waals surface area contributed by atoms with Crippen molar-refractivity contribution in [1.29, 1.82) is 0 Å². The van der Waals surface area contributed by atoms with Crippen molar-refractivity contribution >= 4 is 12.1 Å². The van der Waals surface area contributed by atoms with Crippen molar-refractivity contribution in [3.63, 3.8) is 0 Å². The predicted octanol–water partition coefficient (Wildman–Crippen LogP) is -1.10. The molecular formula is C11H13N3O6. The third-order valence-electron chi connectivity index (χ3n) is 2.20. The lowest BCUT2D eigenvalue weighted by atomic mass is 10.3. The Morgan fingerprint density at radius 1 is 1.55 bits per heavy atom. The van der Waals surface area contributed by atoms with Crippen LogP contribution in [0.25, 0.3) is 0 Å². The molecule has 0 saturated heterocycles. The molecule has 1 heterocycles. The van der Waals surface area contributed by atoms with Crippen molar-refractivity contribution in [3.05, 3.63) is 45.8 Å². The van der Waals surface area contributed by atoms with Gasteiger partial charge in [0.05, 0.1) is 6.54 Å². The number of carboxylic acids is 1. The largest absolute Gasteiger partial charge is 0.480 e. The maximum atomic E-state index is 11.4. The minimum absolute atomic E-state index is 0.0726. The molecule has 1 amide bonds. The van der Waals surface area contributed by atoms with Gasteiger partial charge in [0.2, 0.25) is 0 Å². The van der Waals surface area contributed by atoms with Crippen molar-refractivity contribution in [2.45, 2.75) is 12.6 Å². The van der Waals surface area contributed by atoms with Crippen LogP contribution >= 0.6 is 0 Å². The van der Waals surface area contributed by atoms with Crippen LogP contribution in [0.4, 0.5) is 4.79 Å². The Morgan fingerprint density at radius 2 is 2.25 bits per heavy atom. The van der Waals surface area contributed by atoms with E-state index in [1.807, 2.05) is 4.98 Å². The van der Waals surface area contributed by atoms with E-state index in [4.69, 9.17) is 5.11 Å². The fourth-order valence-electron chi connectivity index (χ4n) is 1.29. The minimum Gasteiger partial charge on any atom is -0.480 e. The van der Waals surface area contributed by atoms with Crippen LogP contribution < -0.4 is 16.6 Å². The first-order valence-electron chi connectivity index (χ1n) is 5.51. The van der Waals surface area contributed by atoms with E-state index in [0.717, 1.165) is 16.8 Å². The molecule has 1 unspecified atom stereocenters. The molecule has 0 fully saturated rings. The zero-order valence-corrected chi connectivity index (χ0v) is 10.4. The Labute approximate surface area is 112 Å². The van der Waals surface area contributed by atoms with E-state index >= 15 is 0 Å². The number of nitrogens with one attached hydrogen (secondary N) is 2. The smallest absolute Gasteiger partial charge is 0.408 e. The molecule has 108 valence electrons. The van der Waals surface area contributed by atoms with Crippen LogP contribution in [0.1, 0.15) is 0 Å². The van der Waals surface area contributed by atoms with Gasteiger partial charge in [-0.05, 0) is 0 Å². The number of H-pyrrole nitrogens is 1. The summed E-state index contributed by atoms with van der Waals surface area (Å²) in [6.45, 7) is 2.91. The van der Waals surface area contributed by atoms with E-state index in [9.17, 15) is 19.2 Å². The van der Waals surface area contributed by atoms with E-state index < -0.39 is 29.4 Å². The highest BCUT2D eigenvalue weighted by Gasteiger charge is 2.21. The molecule has 0 aliphatic carbocycles. The summed E-state index contributed by atoms with van der Waals surface area (Å²) in [5, 5.41) is 11.1. The number of aromatic nitrogens is 2. The minimum atomic E-state index is -1.38. The Morgan fingerprint density at radius 3 is 2.80 bits per heavy atom. The Balaban J connectivity index is 2.79. The number of aromatic amines is 1. The maximum absolute atomic E-state index is 11.4. The summed E-state index contributed by atoms with van der Waals surface area (Å²) in [7, 11) is 0. The van der Waals surface area contributed by atoms with Crippen molar-refractivity contribution in [3.8, 4) is 0 Å². The summed E-state index contributed by atoms with van der Waals surface area (Å²) in [5.74, 6) is -1.35. The van der Waals surface area contributed by atoms with Crippen molar-refractivity contribution in [2.75, 3.05) is 6.61 Å². The Bertz CT molecular complexity index is 617. The van der Waals surface area contributed by atoms with Gasteiger partial charge in [0.1, 0.15) is 12.6 Å². The van der Waals surface area contributed by atoms with Crippen molar-refractivity contribution < 1.29 is 19.4 Å². The van der Waals surface area contributed by atoms with Gasteiger partial charge in [-0.25, -0.2) is 14.4 Å². The number of amides is 1. The average Bonchev–Trinajstić information content (AvgIpc) is 2.38. The molecule has 1 aromatic heterocycles. The third-order valence-corrected chi connectivity index (χ3v) is 2.20. The number of hydrogen-bond acceptors (Lipinski definition) is 5. The van der Waals surface area contributed by atoms with Gasteiger partial charge in [0.15, 0.2) is 0 Å². The van der Waals surface area contributed by atoms with Crippen molar-refractivity contribution in [1.82, 2.24) is 14.9 Å². The highest BCUT2D eigenvalue weighted by Crippen LogP contribution is 1.91. The number of hydrogen-bond donors (Lipinski definition) is 3. The van der Waals surface area contributed by atoms with E-state index in [-0.39, 0.29) is 13.2 Å². The van der Waals surface area contributed by atoms with Crippen LogP contribution in [0, 0.1) is 0 Å². The second kappa shape index (κ2) is 6.92. The molecule has 0 saturated carbocycles. The lowest BCUT2D eigenvalue weighted by Gasteiger charge is -2.15. The zero-order chi connectivity index (χ0) is 15.1. The van der Waals surface area contributed by atoms with Gasteiger partial charge in [-0.15, -0.1) is 0 Å². The molecule has 20 heavy (non-hydrogen) atoms. The first-order valence-corrected chi connectivity index (χ1v) is 5.51. The maximum Gasteiger partial charge on any atom is 0.408 e. The van der Waals surface area contributed by atoms with E-state index in [0.29, 0.717) is 0 Å². The summed E-state index contributed by atoms with van der Waals surface area (Å²) in [6.07, 6.45) is 1.50. The molecule has 0 aromatic carbocycles.